The Bertz CT molecular complexity index is 805. The van der Waals surface area contributed by atoms with E-state index in [2.05, 4.69) is 9.80 Å². The molecular formula is C20H25Cl2N3O2. The second kappa shape index (κ2) is 8.50. The van der Waals surface area contributed by atoms with Gasteiger partial charge < -0.3 is 9.84 Å². The van der Waals surface area contributed by atoms with Crippen molar-refractivity contribution in [3.05, 3.63) is 33.9 Å². The van der Waals surface area contributed by atoms with Gasteiger partial charge in [0.05, 0.1) is 29.0 Å². The molecule has 1 aromatic heterocycles. The van der Waals surface area contributed by atoms with Crippen molar-refractivity contribution < 1.29 is 9.84 Å². The number of rotatable bonds is 7. The van der Waals surface area contributed by atoms with E-state index in [1.807, 2.05) is 12.1 Å². The van der Waals surface area contributed by atoms with Crippen molar-refractivity contribution in [1.82, 2.24) is 14.8 Å². The van der Waals surface area contributed by atoms with Gasteiger partial charge in [-0.05, 0) is 37.0 Å². The lowest BCUT2D eigenvalue weighted by atomic mass is 10.1. The molecule has 2 aromatic rings. The maximum atomic E-state index is 9.07. The maximum absolute atomic E-state index is 9.07. The van der Waals surface area contributed by atoms with Crippen molar-refractivity contribution >= 4 is 34.1 Å². The first kappa shape index (κ1) is 19.2. The van der Waals surface area contributed by atoms with Crippen LogP contribution in [0.3, 0.4) is 0 Å². The van der Waals surface area contributed by atoms with Crippen molar-refractivity contribution in [1.29, 1.82) is 0 Å². The van der Waals surface area contributed by atoms with Crippen LogP contribution in [0.25, 0.3) is 10.9 Å². The lowest BCUT2D eigenvalue weighted by Crippen LogP contribution is -2.46. The fourth-order valence-electron chi connectivity index (χ4n) is 3.49. The van der Waals surface area contributed by atoms with Crippen LogP contribution in [-0.2, 0) is 6.54 Å². The third-order valence-corrected chi connectivity index (χ3v) is 5.92. The molecule has 2 fully saturated rings. The molecule has 1 aliphatic carbocycles. The van der Waals surface area contributed by atoms with Crippen LogP contribution in [0.5, 0.6) is 5.75 Å². The third-order valence-electron chi connectivity index (χ3n) is 5.32. The standard InChI is InChI=1S/C20H25Cl2N3O2/c21-17-11-18(22)20(27-13-14-1-2-14)19-16(17)4-3-15(23-19)12-25-7-5-24(6-8-25)9-10-26/h3-4,11,14,26H,1-2,5-10,12-13H2. The van der Waals surface area contributed by atoms with Crippen LogP contribution in [0.15, 0.2) is 18.2 Å². The molecule has 0 bridgehead atoms. The fraction of sp³-hybridized carbons (Fsp3) is 0.550. The van der Waals surface area contributed by atoms with Gasteiger partial charge in [0, 0.05) is 44.7 Å². The average molecular weight is 410 g/mol. The van der Waals surface area contributed by atoms with E-state index in [0.717, 1.165) is 55.9 Å². The number of piperazine rings is 1. The largest absolute Gasteiger partial charge is 0.489 e. The minimum absolute atomic E-state index is 0.220. The van der Waals surface area contributed by atoms with Crippen molar-refractivity contribution in [3.8, 4) is 5.75 Å². The molecule has 1 saturated heterocycles. The van der Waals surface area contributed by atoms with Crippen molar-refractivity contribution in [2.24, 2.45) is 5.92 Å². The molecule has 1 aromatic carbocycles. The number of ether oxygens (including phenoxy) is 1. The molecule has 1 aliphatic heterocycles. The summed E-state index contributed by atoms with van der Waals surface area (Å²) < 4.78 is 6.02. The van der Waals surface area contributed by atoms with Crippen LogP contribution in [0.4, 0.5) is 0 Å². The molecule has 7 heteroatoms. The van der Waals surface area contributed by atoms with Crippen LogP contribution in [0.1, 0.15) is 18.5 Å². The predicted molar refractivity (Wildman–Crippen MR) is 109 cm³/mol. The summed E-state index contributed by atoms with van der Waals surface area (Å²) >= 11 is 12.8. The Hall–Kier alpha value is -1.11. The first-order valence-electron chi connectivity index (χ1n) is 9.60. The highest BCUT2D eigenvalue weighted by Crippen LogP contribution is 2.39. The molecule has 146 valence electrons. The quantitative estimate of drug-likeness (QED) is 0.758. The number of pyridine rings is 1. The van der Waals surface area contributed by atoms with E-state index in [9.17, 15) is 0 Å². The van der Waals surface area contributed by atoms with E-state index in [0.29, 0.717) is 28.3 Å². The molecule has 0 unspecified atom stereocenters. The van der Waals surface area contributed by atoms with E-state index >= 15 is 0 Å². The summed E-state index contributed by atoms with van der Waals surface area (Å²) in [6.45, 7) is 6.34. The minimum Gasteiger partial charge on any atom is -0.489 e. The molecule has 2 heterocycles. The molecule has 1 saturated carbocycles. The van der Waals surface area contributed by atoms with Gasteiger partial charge in [-0.1, -0.05) is 23.2 Å². The van der Waals surface area contributed by atoms with Gasteiger partial charge in [0.25, 0.3) is 0 Å². The molecule has 0 amide bonds. The van der Waals surface area contributed by atoms with E-state index in [4.69, 9.17) is 38.0 Å². The van der Waals surface area contributed by atoms with E-state index in [-0.39, 0.29) is 6.61 Å². The number of aliphatic hydroxyl groups excluding tert-OH is 1. The Morgan fingerprint density at radius 1 is 1.07 bits per heavy atom. The number of fused-ring (bicyclic) bond motifs is 1. The number of hydrogen-bond acceptors (Lipinski definition) is 5. The number of nitrogens with zero attached hydrogens (tertiary/aromatic N) is 3. The summed E-state index contributed by atoms with van der Waals surface area (Å²) in [6, 6.07) is 5.80. The second-order valence-electron chi connectivity index (χ2n) is 7.46. The zero-order chi connectivity index (χ0) is 18.8. The highest BCUT2D eigenvalue weighted by atomic mass is 35.5. The Kier molecular flexibility index (Phi) is 6.05. The van der Waals surface area contributed by atoms with Gasteiger partial charge >= 0.3 is 0 Å². The zero-order valence-corrected chi connectivity index (χ0v) is 16.8. The van der Waals surface area contributed by atoms with Crippen LogP contribution in [0.2, 0.25) is 10.0 Å². The van der Waals surface area contributed by atoms with Crippen LogP contribution < -0.4 is 4.74 Å². The highest BCUT2D eigenvalue weighted by molar-refractivity contribution is 6.39. The molecular weight excluding hydrogens is 385 g/mol. The fourth-order valence-corrected chi connectivity index (χ4v) is 4.06. The Morgan fingerprint density at radius 3 is 2.52 bits per heavy atom. The first-order valence-corrected chi connectivity index (χ1v) is 10.4. The van der Waals surface area contributed by atoms with E-state index in [1.165, 1.54) is 12.8 Å². The molecule has 0 atom stereocenters. The third kappa shape index (κ3) is 4.66. The van der Waals surface area contributed by atoms with Gasteiger partial charge in [-0.15, -0.1) is 0 Å². The number of β-amino-alcohol motifs (C(OH)–C–C–N with tert-alkyl or cyclic N) is 1. The topological polar surface area (TPSA) is 48.8 Å². The Balaban J connectivity index is 1.52. The summed E-state index contributed by atoms with van der Waals surface area (Å²) in [4.78, 5) is 9.53. The van der Waals surface area contributed by atoms with Gasteiger partial charge in [0.1, 0.15) is 5.52 Å². The Morgan fingerprint density at radius 2 is 1.81 bits per heavy atom. The van der Waals surface area contributed by atoms with Crippen molar-refractivity contribution in [2.45, 2.75) is 19.4 Å². The minimum atomic E-state index is 0.220. The molecule has 5 nitrogen and oxygen atoms in total. The molecule has 27 heavy (non-hydrogen) atoms. The zero-order valence-electron chi connectivity index (χ0n) is 15.3. The van der Waals surface area contributed by atoms with Gasteiger partial charge in [0.15, 0.2) is 5.75 Å². The number of halogens is 2. The highest BCUT2D eigenvalue weighted by Gasteiger charge is 2.24. The molecule has 0 spiro atoms. The van der Waals surface area contributed by atoms with Gasteiger partial charge in [-0.3, -0.25) is 9.80 Å². The van der Waals surface area contributed by atoms with Crippen molar-refractivity contribution in [3.63, 3.8) is 0 Å². The monoisotopic (exact) mass is 409 g/mol. The van der Waals surface area contributed by atoms with Crippen LogP contribution in [0, 0.1) is 5.92 Å². The lowest BCUT2D eigenvalue weighted by Gasteiger charge is -2.34. The summed E-state index contributed by atoms with van der Waals surface area (Å²) in [5.41, 5.74) is 1.75. The van der Waals surface area contributed by atoms with Gasteiger partial charge in [-0.2, -0.15) is 0 Å². The number of aliphatic hydroxyl groups is 1. The molecule has 2 aliphatic rings. The maximum Gasteiger partial charge on any atom is 0.164 e. The summed E-state index contributed by atoms with van der Waals surface area (Å²) in [7, 11) is 0. The SMILES string of the molecule is OCCN1CCN(Cc2ccc3c(Cl)cc(Cl)c(OCC4CC4)c3n2)CC1. The average Bonchev–Trinajstić information content (AvgIpc) is 3.48. The van der Waals surface area contributed by atoms with E-state index in [1.54, 1.807) is 6.07 Å². The van der Waals surface area contributed by atoms with Crippen LogP contribution >= 0.6 is 23.2 Å². The van der Waals surface area contributed by atoms with E-state index < -0.39 is 0 Å². The molecule has 0 radical (unpaired) electrons. The number of benzene rings is 1. The van der Waals surface area contributed by atoms with Crippen LogP contribution in [-0.4, -0.2) is 65.8 Å². The summed E-state index contributed by atoms with van der Waals surface area (Å²) in [5, 5.41) is 11.1. The Labute approximate surface area is 169 Å². The predicted octanol–water partition coefficient (Wildman–Crippen LogP) is 3.44. The smallest absolute Gasteiger partial charge is 0.164 e. The summed E-state index contributed by atoms with van der Waals surface area (Å²) in [5.74, 6) is 1.29. The van der Waals surface area contributed by atoms with Gasteiger partial charge in [0.2, 0.25) is 0 Å². The van der Waals surface area contributed by atoms with Gasteiger partial charge in [-0.25, -0.2) is 4.98 Å². The summed E-state index contributed by atoms with van der Waals surface area (Å²) in [6.07, 6.45) is 2.45. The second-order valence-corrected chi connectivity index (χ2v) is 8.28. The molecule has 1 N–H and O–H groups in total. The normalized spacial score (nSPS) is 18.9. The number of aromatic nitrogens is 1. The van der Waals surface area contributed by atoms with Crippen molar-refractivity contribution in [2.75, 3.05) is 45.9 Å². The first-order chi connectivity index (χ1) is 13.1. The number of hydrogen-bond donors (Lipinski definition) is 1. The lowest BCUT2D eigenvalue weighted by molar-refractivity contribution is 0.108. The molecule has 4 rings (SSSR count).